The van der Waals surface area contributed by atoms with Crippen LogP contribution in [0.15, 0.2) is 52.5 Å². The first-order valence-corrected chi connectivity index (χ1v) is 8.78. The van der Waals surface area contributed by atoms with Crippen LogP contribution in [-0.2, 0) is 11.3 Å². The summed E-state index contributed by atoms with van der Waals surface area (Å²) in [6, 6.07) is 14.8. The Labute approximate surface area is 160 Å². The molecular formula is C19H16BrClN2O2. The predicted octanol–water partition coefficient (Wildman–Crippen LogP) is 4.72. The topological polar surface area (TPSA) is 62.1 Å². The molecule has 0 aliphatic carbocycles. The highest BCUT2D eigenvalue weighted by Crippen LogP contribution is 2.35. The minimum Gasteiger partial charge on any atom is -0.491 e. The maximum absolute atomic E-state index is 12.2. The number of rotatable bonds is 6. The Morgan fingerprint density at radius 2 is 2.08 bits per heavy atom. The molecule has 6 heteroatoms. The Kier molecular flexibility index (Phi) is 7.05. The highest BCUT2D eigenvalue weighted by molar-refractivity contribution is 9.10. The van der Waals surface area contributed by atoms with Gasteiger partial charge >= 0.3 is 0 Å². The smallest absolute Gasteiger partial charge is 0.262 e. The SMILES string of the molecule is CCOc1c(Cl)cc(/C=C(/C#N)C(=O)NCc2ccccc2)cc1Br. The molecule has 128 valence electrons. The zero-order chi connectivity index (χ0) is 18.2. The molecule has 2 rings (SSSR count). The van der Waals surface area contributed by atoms with Gasteiger partial charge in [0, 0.05) is 6.54 Å². The van der Waals surface area contributed by atoms with E-state index in [0.717, 1.165) is 5.56 Å². The molecular weight excluding hydrogens is 404 g/mol. The lowest BCUT2D eigenvalue weighted by Crippen LogP contribution is -2.23. The van der Waals surface area contributed by atoms with E-state index in [2.05, 4.69) is 21.2 Å². The number of carbonyl (C=O) groups excluding carboxylic acids is 1. The zero-order valence-electron chi connectivity index (χ0n) is 13.6. The molecule has 0 spiro atoms. The van der Waals surface area contributed by atoms with Crippen LogP contribution in [0.2, 0.25) is 5.02 Å². The molecule has 0 unspecified atom stereocenters. The zero-order valence-corrected chi connectivity index (χ0v) is 15.9. The molecule has 0 saturated heterocycles. The van der Waals surface area contributed by atoms with Crippen molar-refractivity contribution in [3.05, 3.63) is 68.7 Å². The summed E-state index contributed by atoms with van der Waals surface area (Å²) in [5.41, 5.74) is 1.59. The summed E-state index contributed by atoms with van der Waals surface area (Å²) in [5.74, 6) is 0.0980. The fraction of sp³-hybridized carbons (Fsp3) is 0.158. The van der Waals surface area contributed by atoms with Gasteiger partial charge in [-0.25, -0.2) is 0 Å². The van der Waals surface area contributed by atoms with Gasteiger partial charge in [0.05, 0.1) is 16.1 Å². The number of carbonyl (C=O) groups is 1. The van der Waals surface area contributed by atoms with E-state index >= 15 is 0 Å². The van der Waals surface area contributed by atoms with Crippen molar-refractivity contribution in [3.63, 3.8) is 0 Å². The first-order valence-electron chi connectivity index (χ1n) is 7.61. The number of hydrogen-bond acceptors (Lipinski definition) is 3. The van der Waals surface area contributed by atoms with E-state index in [-0.39, 0.29) is 5.57 Å². The van der Waals surface area contributed by atoms with Crippen LogP contribution in [0.5, 0.6) is 5.75 Å². The van der Waals surface area contributed by atoms with Crippen molar-refractivity contribution >= 4 is 39.5 Å². The van der Waals surface area contributed by atoms with Crippen LogP contribution in [0.25, 0.3) is 6.08 Å². The summed E-state index contributed by atoms with van der Waals surface area (Å²) >= 11 is 9.58. The summed E-state index contributed by atoms with van der Waals surface area (Å²) < 4.78 is 6.11. The minimum absolute atomic E-state index is 0.00283. The van der Waals surface area contributed by atoms with Gasteiger partial charge in [-0.1, -0.05) is 41.9 Å². The number of amides is 1. The Balaban J connectivity index is 2.16. The Morgan fingerprint density at radius 3 is 2.68 bits per heavy atom. The van der Waals surface area contributed by atoms with E-state index in [9.17, 15) is 10.1 Å². The van der Waals surface area contributed by atoms with Gasteiger partial charge < -0.3 is 10.1 Å². The Bertz CT molecular complexity index is 806. The fourth-order valence-electron chi connectivity index (χ4n) is 2.13. The van der Waals surface area contributed by atoms with Crippen molar-refractivity contribution in [3.8, 4) is 11.8 Å². The van der Waals surface area contributed by atoms with Crippen molar-refractivity contribution in [2.75, 3.05) is 6.61 Å². The van der Waals surface area contributed by atoms with Crippen LogP contribution in [0, 0.1) is 11.3 Å². The summed E-state index contributed by atoms with van der Waals surface area (Å²) in [7, 11) is 0. The predicted molar refractivity (Wildman–Crippen MR) is 102 cm³/mol. The van der Waals surface area contributed by atoms with Gasteiger partial charge in [-0.2, -0.15) is 5.26 Å². The number of ether oxygens (including phenoxy) is 1. The molecule has 0 saturated carbocycles. The maximum atomic E-state index is 12.2. The van der Waals surface area contributed by atoms with Crippen molar-refractivity contribution in [2.45, 2.75) is 13.5 Å². The summed E-state index contributed by atoms with van der Waals surface area (Å²) in [5, 5.41) is 12.4. The minimum atomic E-state index is -0.438. The first-order chi connectivity index (χ1) is 12.0. The van der Waals surface area contributed by atoms with Crippen molar-refractivity contribution in [2.24, 2.45) is 0 Å². The van der Waals surface area contributed by atoms with Crippen molar-refractivity contribution < 1.29 is 9.53 Å². The van der Waals surface area contributed by atoms with Crippen molar-refractivity contribution in [1.29, 1.82) is 5.26 Å². The summed E-state index contributed by atoms with van der Waals surface area (Å²) in [6.07, 6.45) is 1.49. The molecule has 2 aromatic carbocycles. The molecule has 4 nitrogen and oxygen atoms in total. The van der Waals surface area contributed by atoms with Crippen LogP contribution in [-0.4, -0.2) is 12.5 Å². The number of benzene rings is 2. The molecule has 2 aromatic rings. The molecule has 0 heterocycles. The highest BCUT2D eigenvalue weighted by atomic mass is 79.9. The molecule has 0 bridgehead atoms. The van der Waals surface area contributed by atoms with E-state index < -0.39 is 5.91 Å². The second-order valence-electron chi connectivity index (χ2n) is 5.08. The highest BCUT2D eigenvalue weighted by Gasteiger charge is 2.12. The van der Waals surface area contributed by atoms with Crippen LogP contribution in [0.1, 0.15) is 18.1 Å². The van der Waals surface area contributed by atoms with E-state index in [4.69, 9.17) is 16.3 Å². The van der Waals surface area contributed by atoms with E-state index in [1.807, 2.05) is 43.3 Å². The third-order valence-electron chi connectivity index (χ3n) is 3.28. The molecule has 0 aliphatic heterocycles. The van der Waals surface area contributed by atoms with E-state index in [0.29, 0.717) is 34.0 Å². The standard InChI is InChI=1S/C19H16BrClN2O2/c1-2-25-18-16(20)9-14(10-17(18)21)8-15(11-22)19(24)23-12-13-6-4-3-5-7-13/h3-10H,2,12H2,1H3,(H,23,24)/b15-8-. The third-order valence-corrected chi connectivity index (χ3v) is 4.15. The van der Waals surface area contributed by atoms with Crippen LogP contribution in [0.4, 0.5) is 0 Å². The lowest BCUT2D eigenvalue weighted by atomic mass is 10.1. The average molecular weight is 420 g/mol. The van der Waals surface area contributed by atoms with Crippen LogP contribution in [0.3, 0.4) is 0 Å². The number of hydrogen-bond donors (Lipinski definition) is 1. The first kappa shape index (κ1) is 19.0. The van der Waals surface area contributed by atoms with Gasteiger partial charge in [0.2, 0.25) is 0 Å². The molecule has 0 aromatic heterocycles. The number of halogens is 2. The normalized spacial score (nSPS) is 10.9. The van der Waals surface area contributed by atoms with E-state index in [1.54, 1.807) is 12.1 Å². The maximum Gasteiger partial charge on any atom is 0.262 e. The lowest BCUT2D eigenvalue weighted by Gasteiger charge is -2.09. The van der Waals surface area contributed by atoms with Crippen LogP contribution < -0.4 is 10.1 Å². The Morgan fingerprint density at radius 1 is 1.36 bits per heavy atom. The Hall–Kier alpha value is -2.29. The second-order valence-corrected chi connectivity index (χ2v) is 6.35. The number of nitrogens with one attached hydrogen (secondary N) is 1. The average Bonchev–Trinajstić information content (AvgIpc) is 2.61. The molecule has 25 heavy (non-hydrogen) atoms. The number of nitriles is 1. The summed E-state index contributed by atoms with van der Waals surface area (Å²) in [4.78, 5) is 12.2. The molecule has 0 fully saturated rings. The third kappa shape index (κ3) is 5.35. The van der Waals surface area contributed by atoms with Gasteiger partial charge in [0.25, 0.3) is 5.91 Å². The fourth-order valence-corrected chi connectivity index (χ4v) is 3.12. The molecule has 0 radical (unpaired) electrons. The van der Waals surface area contributed by atoms with Gasteiger partial charge in [-0.15, -0.1) is 0 Å². The van der Waals surface area contributed by atoms with Crippen molar-refractivity contribution in [1.82, 2.24) is 5.32 Å². The van der Waals surface area contributed by atoms with Gasteiger partial charge in [-0.3, -0.25) is 4.79 Å². The largest absolute Gasteiger partial charge is 0.491 e. The van der Waals surface area contributed by atoms with Gasteiger partial charge in [0.15, 0.2) is 5.75 Å². The second kappa shape index (κ2) is 9.26. The quantitative estimate of drug-likeness (QED) is 0.544. The van der Waals surface area contributed by atoms with Crippen LogP contribution >= 0.6 is 27.5 Å². The lowest BCUT2D eigenvalue weighted by molar-refractivity contribution is -0.117. The molecule has 0 aliphatic rings. The van der Waals surface area contributed by atoms with Gasteiger partial charge in [0.1, 0.15) is 11.6 Å². The van der Waals surface area contributed by atoms with Gasteiger partial charge in [-0.05, 0) is 52.2 Å². The molecule has 0 atom stereocenters. The summed E-state index contributed by atoms with van der Waals surface area (Å²) in [6.45, 7) is 2.70. The number of nitrogens with zero attached hydrogens (tertiary/aromatic N) is 1. The monoisotopic (exact) mass is 418 g/mol. The molecule has 1 N–H and O–H groups in total. The van der Waals surface area contributed by atoms with E-state index in [1.165, 1.54) is 6.08 Å². The molecule has 1 amide bonds.